The Kier molecular flexibility index (Phi) is 5.09. The molecule has 0 radical (unpaired) electrons. The average Bonchev–Trinajstić information content (AvgIpc) is 3.21. The Balaban J connectivity index is 1.45. The van der Waals surface area contributed by atoms with E-state index in [4.69, 9.17) is 0 Å². The van der Waals surface area contributed by atoms with Gasteiger partial charge in [0.25, 0.3) is 0 Å². The molecule has 2 N–H and O–H groups in total. The highest BCUT2D eigenvalue weighted by atomic mass is 19.1. The number of imidazole rings is 1. The van der Waals surface area contributed by atoms with Gasteiger partial charge in [-0.3, -0.25) is 4.90 Å². The lowest BCUT2D eigenvalue weighted by Gasteiger charge is -2.43. The summed E-state index contributed by atoms with van der Waals surface area (Å²) < 4.78 is 16.0. The van der Waals surface area contributed by atoms with Crippen molar-refractivity contribution in [1.29, 1.82) is 0 Å². The average molecular weight is 450 g/mol. The van der Waals surface area contributed by atoms with Gasteiger partial charge in [-0.05, 0) is 38.1 Å². The Labute approximate surface area is 188 Å². The first-order chi connectivity index (χ1) is 15.8. The number of halogens is 1. The van der Waals surface area contributed by atoms with Gasteiger partial charge in [0.05, 0.1) is 29.9 Å². The first-order valence-corrected chi connectivity index (χ1v) is 10.7. The Morgan fingerprint density at radius 1 is 1.15 bits per heavy atom. The van der Waals surface area contributed by atoms with Crippen LogP contribution < -0.4 is 4.90 Å². The number of fused-ring (bicyclic) bond motifs is 2. The molecule has 0 spiro atoms. The second-order valence-corrected chi connectivity index (χ2v) is 8.43. The molecule has 5 rings (SSSR count). The predicted octanol–water partition coefficient (Wildman–Crippen LogP) is 3.15. The minimum Gasteiger partial charge on any atom is -0.465 e. The van der Waals surface area contributed by atoms with E-state index in [1.54, 1.807) is 18.6 Å². The number of aliphatic hydroxyl groups is 1. The Morgan fingerprint density at radius 2 is 1.91 bits per heavy atom. The standard InChI is InChI=1S/C23H23FN6O3/c1-13-8-28(9-14(2)30(13)23(32)33)18-3-4-20-15(5-18)7-25-21(27-20)16-6-19(24)22-26-17(12-31)11-29(22)10-16/h3-7,10-11,13-14,31H,8-9,12H2,1-2H3,(H,32,33)/t13-,14-/m0/s1. The highest BCUT2D eigenvalue weighted by Crippen LogP contribution is 2.27. The summed E-state index contributed by atoms with van der Waals surface area (Å²) in [6.07, 6.45) is 4.06. The van der Waals surface area contributed by atoms with Crippen LogP contribution in [0.1, 0.15) is 19.5 Å². The van der Waals surface area contributed by atoms with E-state index in [1.165, 1.54) is 15.4 Å². The van der Waals surface area contributed by atoms with Crippen molar-refractivity contribution in [3.05, 3.63) is 54.4 Å². The van der Waals surface area contributed by atoms with Crippen molar-refractivity contribution in [3.63, 3.8) is 0 Å². The summed E-state index contributed by atoms with van der Waals surface area (Å²) in [4.78, 5) is 28.3. The maximum atomic E-state index is 14.5. The Hall–Kier alpha value is -3.79. The summed E-state index contributed by atoms with van der Waals surface area (Å²) in [5, 5.41) is 19.5. The maximum Gasteiger partial charge on any atom is 0.407 e. The van der Waals surface area contributed by atoms with Gasteiger partial charge < -0.3 is 19.5 Å². The van der Waals surface area contributed by atoms with Gasteiger partial charge in [-0.15, -0.1) is 0 Å². The highest BCUT2D eigenvalue weighted by Gasteiger charge is 2.32. The van der Waals surface area contributed by atoms with Gasteiger partial charge in [0.15, 0.2) is 17.3 Å². The Bertz CT molecular complexity index is 1360. The first kappa shape index (κ1) is 21.1. The van der Waals surface area contributed by atoms with Crippen LogP contribution in [0.25, 0.3) is 27.9 Å². The fraction of sp³-hybridized carbons (Fsp3) is 0.304. The van der Waals surface area contributed by atoms with Crippen molar-refractivity contribution in [2.75, 3.05) is 18.0 Å². The third kappa shape index (κ3) is 3.72. The third-order valence-corrected chi connectivity index (χ3v) is 6.04. The zero-order valence-corrected chi connectivity index (χ0v) is 18.2. The van der Waals surface area contributed by atoms with Crippen LogP contribution in [-0.4, -0.2) is 65.7 Å². The SMILES string of the molecule is C[C@H]1CN(c2ccc3nc(-c4cc(F)c5nc(CO)cn5c4)ncc3c2)C[C@H](C)N1C(=O)O. The molecule has 1 amide bonds. The smallest absolute Gasteiger partial charge is 0.407 e. The molecule has 0 aliphatic carbocycles. The summed E-state index contributed by atoms with van der Waals surface area (Å²) in [5.41, 5.74) is 2.71. The van der Waals surface area contributed by atoms with Gasteiger partial charge in [-0.1, -0.05) is 0 Å². The molecule has 1 aliphatic rings. The minimum absolute atomic E-state index is 0.125. The lowest BCUT2D eigenvalue weighted by atomic mass is 10.1. The molecule has 10 heteroatoms. The van der Waals surface area contributed by atoms with E-state index in [0.29, 0.717) is 30.2 Å². The van der Waals surface area contributed by atoms with Gasteiger partial charge in [0, 0.05) is 48.3 Å². The minimum atomic E-state index is -0.896. The monoisotopic (exact) mass is 450 g/mol. The Morgan fingerprint density at radius 3 is 2.61 bits per heavy atom. The predicted molar refractivity (Wildman–Crippen MR) is 121 cm³/mol. The molecule has 4 aromatic rings. The number of amides is 1. The molecule has 0 bridgehead atoms. The van der Waals surface area contributed by atoms with Crippen LogP contribution in [0, 0.1) is 5.82 Å². The summed E-state index contributed by atoms with van der Waals surface area (Å²) in [7, 11) is 0. The number of hydrogen-bond donors (Lipinski definition) is 2. The largest absolute Gasteiger partial charge is 0.465 e. The van der Waals surface area contributed by atoms with Crippen molar-refractivity contribution >= 4 is 28.3 Å². The molecule has 1 aliphatic heterocycles. The zero-order valence-electron chi connectivity index (χ0n) is 18.2. The van der Waals surface area contributed by atoms with Crippen LogP contribution in [0.15, 0.2) is 42.9 Å². The molecule has 1 fully saturated rings. The number of carbonyl (C=O) groups is 1. The number of carboxylic acid groups (broad SMARTS) is 1. The van der Waals surface area contributed by atoms with Crippen LogP contribution in [0.2, 0.25) is 0 Å². The van der Waals surface area contributed by atoms with E-state index in [-0.39, 0.29) is 24.3 Å². The molecule has 1 aromatic carbocycles. The lowest BCUT2D eigenvalue weighted by molar-refractivity contribution is 0.0983. The van der Waals surface area contributed by atoms with Crippen molar-refractivity contribution in [2.24, 2.45) is 0 Å². The second-order valence-electron chi connectivity index (χ2n) is 8.43. The highest BCUT2D eigenvalue weighted by molar-refractivity contribution is 5.83. The van der Waals surface area contributed by atoms with Crippen LogP contribution in [0.3, 0.4) is 0 Å². The molecule has 170 valence electrons. The molecular weight excluding hydrogens is 427 g/mol. The second kappa shape index (κ2) is 7.96. The number of rotatable bonds is 3. The number of pyridine rings is 1. The number of anilines is 1. The molecule has 4 heterocycles. The molecule has 33 heavy (non-hydrogen) atoms. The van der Waals surface area contributed by atoms with E-state index in [2.05, 4.69) is 19.9 Å². The van der Waals surface area contributed by atoms with E-state index in [0.717, 1.165) is 16.6 Å². The molecule has 2 atom stereocenters. The number of piperazine rings is 1. The normalized spacial score (nSPS) is 18.9. The van der Waals surface area contributed by atoms with E-state index in [9.17, 15) is 19.4 Å². The number of aromatic nitrogens is 4. The lowest BCUT2D eigenvalue weighted by Crippen LogP contribution is -2.58. The van der Waals surface area contributed by atoms with Crippen LogP contribution in [0.5, 0.6) is 0 Å². The van der Waals surface area contributed by atoms with Gasteiger partial charge in [-0.2, -0.15) is 0 Å². The molecule has 3 aromatic heterocycles. The zero-order chi connectivity index (χ0) is 23.3. The number of hydrogen-bond acceptors (Lipinski definition) is 6. The fourth-order valence-corrected chi connectivity index (χ4v) is 4.57. The third-order valence-electron chi connectivity index (χ3n) is 6.04. The molecular formula is C23H23FN6O3. The van der Waals surface area contributed by atoms with Gasteiger partial charge >= 0.3 is 6.09 Å². The summed E-state index contributed by atoms with van der Waals surface area (Å²) in [6, 6.07) is 6.93. The first-order valence-electron chi connectivity index (χ1n) is 10.7. The van der Waals surface area contributed by atoms with Gasteiger partial charge in [0.2, 0.25) is 0 Å². The van der Waals surface area contributed by atoms with Crippen molar-refractivity contribution in [1.82, 2.24) is 24.3 Å². The van der Waals surface area contributed by atoms with Gasteiger partial charge in [-0.25, -0.2) is 24.1 Å². The summed E-state index contributed by atoms with van der Waals surface area (Å²) in [5.74, 6) is -0.136. The fourth-order valence-electron chi connectivity index (χ4n) is 4.57. The van der Waals surface area contributed by atoms with E-state index < -0.39 is 11.9 Å². The van der Waals surface area contributed by atoms with Gasteiger partial charge in [0.1, 0.15) is 0 Å². The number of aliphatic hydroxyl groups excluding tert-OH is 1. The molecule has 0 unspecified atom stereocenters. The van der Waals surface area contributed by atoms with Crippen molar-refractivity contribution in [3.8, 4) is 11.4 Å². The van der Waals surface area contributed by atoms with E-state index >= 15 is 0 Å². The van der Waals surface area contributed by atoms with Crippen molar-refractivity contribution < 1.29 is 19.4 Å². The number of nitrogens with zero attached hydrogens (tertiary/aromatic N) is 6. The molecule has 1 saturated heterocycles. The summed E-state index contributed by atoms with van der Waals surface area (Å²) >= 11 is 0. The number of benzene rings is 1. The van der Waals surface area contributed by atoms with Crippen LogP contribution in [-0.2, 0) is 6.61 Å². The quantitative estimate of drug-likeness (QED) is 0.494. The summed E-state index contributed by atoms with van der Waals surface area (Å²) in [6.45, 7) is 4.75. The molecule has 0 saturated carbocycles. The topological polar surface area (TPSA) is 107 Å². The molecule has 9 nitrogen and oxygen atoms in total. The maximum absolute atomic E-state index is 14.5. The van der Waals surface area contributed by atoms with E-state index in [1.807, 2.05) is 32.0 Å². The van der Waals surface area contributed by atoms with Crippen LogP contribution in [0.4, 0.5) is 14.9 Å². The van der Waals surface area contributed by atoms with Crippen LogP contribution >= 0.6 is 0 Å². The van der Waals surface area contributed by atoms with Crippen molar-refractivity contribution in [2.45, 2.75) is 32.5 Å².